The van der Waals surface area contributed by atoms with Gasteiger partial charge in [-0.3, -0.25) is 9.69 Å². The first-order chi connectivity index (χ1) is 13.2. The van der Waals surface area contributed by atoms with Crippen LogP contribution in [0.5, 0.6) is 5.75 Å². The Labute approximate surface area is 161 Å². The summed E-state index contributed by atoms with van der Waals surface area (Å²) in [6, 6.07) is 8.51. The zero-order valence-electron chi connectivity index (χ0n) is 16.2. The lowest BCUT2D eigenvalue weighted by Crippen LogP contribution is -2.39. The predicted octanol–water partition coefficient (Wildman–Crippen LogP) is 2.89. The fraction of sp³-hybridized carbons (Fsp3) is 0.476. The molecule has 1 amide bonds. The van der Waals surface area contributed by atoms with Crippen molar-refractivity contribution < 1.29 is 9.53 Å². The van der Waals surface area contributed by atoms with E-state index in [1.54, 1.807) is 26.4 Å². The van der Waals surface area contributed by atoms with Crippen LogP contribution in [0.4, 0.5) is 0 Å². The highest BCUT2D eigenvalue weighted by atomic mass is 16.5. The zero-order chi connectivity index (χ0) is 19.1. The van der Waals surface area contributed by atoms with E-state index in [4.69, 9.17) is 4.74 Å². The van der Waals surface area contributed by atoms with E-state index in [0.717, 1.165) is 50.2 Å². The maximum atomic E-state index is 12.3. The first kappa shape index (κ1) is 19.3. The Kier molecular flexibility index (Phi) is 6.76. The molecule has 0 aliphatic carbocycles. The lowest BCUT2D eigenvalue weighted by molar-refractivity contribution is -0.132. The fourth-order valence-electron chi connectivity index (χ4n) is 3.74. The van der Waals surface area contributed by atoms with Crippen LogP contribution in [0.25, 0.3) is 0 Å². The molecule has 2 aromatic rings. The largest absolute Gasteiger partial charge is 0.497 e. The summed E-state index contributed by atoms with van der Waals surface area (Å²) in [5, 5.41) is 0. The summed E-state index contributed by atoms with van der Waals surface area (Å²) in [6.45, 7) is 5.18. The van der Waals surface area contributed by atoms with E-state index in [0.29, 0.717) is 6.54 Å². The van der Waals surface area contributed by atoms with Crippen LogP contribution in [0.15, 0.2) is 43.0 Å². The molecule has 0 unspecified atom stereocenters. The number of carbonyl (C=O) groups excluding carboxylic acids is 1. The van der Waals surface area contributed by atoms with Gasteiger partial charge in [0, 0.05) is 50.6 Å². The van der Waals surface area contributed by atoms with Crippen molar-refractivity contribution in [3.63, 3.8) is 0 Å². The monoisotopic (exact) mass is 368 g/mol. The average molecular weight is 368 g/mol. The van der Waals surface area contributed by atoms with Crippen molar-refractivity contribution in [1.82, 2.24) is 19.8 Å². The van der Waals surface area contributed by atoms with E-state index in [1.807, 2.05) is 17.0 Å². The molecular weight excluding hydrogens is 340 g/mol. The molecule has 2 heterocycles. The molecule has 3 rings (SSSR count). The minimum atomic E-state index is 0.116. The van der Waals surface area contributed by atoms with E-state index in [2.05, 4.69) is 27.0 Å². The number of ether oxygens (including phenoxy) is 1. The molecular formula is C21H28N4O2. The average Bonchev–Trinajstić information content (AvgIpc) is 2.92. The predicted molar refractivity (Wildman–Crippen MR) is 104 cm³/mol. The van der Waals surface area contributed by atoms with E-state index in [-0.39, 0.29) is 11.9 Å². The summed E-state index contributed by atoms with van der Waals surface area (Å²) in [7, 11) is 1.70. The van der Waals surface area contributed by atoms with Crippen LogP contribution in [0, 0.1) is 0 Å². The highest BCUT2D eigenvalue weighted by Crippen LogP contribution is 2.21. The first-order valence-electron chi connectivity index (χ1n) is 9.52. The Morgan fingerprint density at radius 3 is 2.78 bits per heavy atom. The van der Waals surface area contributed by atoms with Gasteiger partial charge in [0.1, 0.15) is 12.1 Å². The Morgan fingerprint density at radius 1 is 1.22 bits per heavy atom. The Balaban J connectivity index is 1.61. The van der Waals surface area contributed by atoms with Crippen molar-refractivity contribution in [3.05, 3.63) is 54.1 Å². The third-order valence-corrected chi connectivity index (χ3v) is 5.14. The number of amides is 1. The molecule has 6 heteroatoms. The molecule has 6 nitrogen and oxygen atoms in total. The summed E-state index contributed by atoms with van der Waals surface area (Å²) in [5.41, 5.74) is 2.24. The summed E-state index contributed by atoms with van der Waals surface area (Å²) in [6.07, 6.45) is 8.19. The summed E-state index contributed by atoms with van der Waals surface area (Å²) >= 11 is 0. The summed E-state index contributed by atoms with van der Waals surface area (Å²) in [5.74, 6) is 1.01. The van der Waals surface area contributed by atoms with Crippen molar-refractivity contribution in [2.45, 2.75) is 45.3 Å². The lowest BCUT2D eigenvalue weighted by Gasteiger charge is -2.30. The van der Waals surface area contributed by atoms with Gasteiger partial charge in [0.05, 0.1) is 7.11 Å². The molecule has 1 saturated heterocycles. The lowest BCUT2D eigenvalue weighted by atomic mass is 10.1. The third kappa shape index (κ3) is 5.50. The second-order valence-corrected chi connectivity index (χ2v) is 7.11. The zero-order valence-corrected chi connectivity index (χ0v) is 16.2. The quantitative estimate of drug-likeness (QED) is 0.785. The minimum absolute atomic E-state index is 0.116. The number of hydrogen-bond donors (Lipinski definition) is 0. The van der Waals surface area contributed by atoms with E-state index < -0.39 is 0 Å². The second-order valence-electron chi connectivity index (χ2n) is 7.11. The maximum absolute atomic E-state index is 12.3. The molecule has 27 heavy (non-hydrogen) atoms. The topological polar surface area (TPSA) is 58.6 Å². The molecule has 1 aromatic heterocycles. The molecule has 144 valence electrons. The van der Waals surface area contributed by atoms with Gasteiger partial charge in [-0.05, 0) is 43.5 Å². The second kappa shape index (κ2) is 9.46. The van der Waals surface area contributed by atoms with Crippen LogP contribution < -0.4 is 4.74 Å². The van der Waals surface area contributed by atoms with Crippen molar-refractivity contribution in [2.24, 2.45) is 0 Å². The Hall–Kier alpha value is -2.47. The van der Waals surface area contributed by atoms with Gasteiger partial charge in [-0.2, -0.15) is 0 Å². The molecule has 0 spiro atoms. The molecule has 1 fully saturated rings. The highest BCUT2D eigenvalue weighted by Gasteiger charge is 2.25. The van der Waals surface area contributed by atoms with Crippen LogP contribution in [-0.2, 0) is 17.9 Å². The van der Waals surface area contributed by atoms with Gasteiger partial charge in [-0.1, -0.05) is 12.1 Å². The molecule has 0 N–H and O–H groups in total. The van der Waals surface area contributed by atoms with Crippen LogP contribution in [0.1, 0.15) is 37.3 Å². The fourth-order valence-corrected chi connectivity index (χ4v) is 3.74. The van der Waals surface area contributed by atoms with Gasteiger partial charge in [-0.25, -0.2) is 9.97 Å². The number of nitrogens with zero attached hydrogens (tertiary/aromatic N) is 4. The number of methoxy groups -OCH3 is 1. The smallest absolute Gasteiger partial charge is 0.219 e. The van der Waals surface area contributed by atoms with Gasteiger partial charge in [-0.15, -0.1) is 0 Å². The van der Waals surface area contributed by atoms with Crippen LogP contribution in [0.2, 0.25) is 0 Å². The van der Waals surface area contributed by atoms with E-state index in [9.17, 15) is 4.79 Å². The van der Waals surface area contributed by atoms with Crippen molar-refractivity contribution in [1.29, 1.82) is 0 Å². The molecule has 0 saturated carbocycles. The number of carbonyl (C=O) groups is 1. The van der Waals surface area contributed by atoms with Crippen LogP contribution >= 0.6 is 0 Å². The van der Waals surface area contributed by atoms with Crippen molar-refractivity contribution in [3.8, 4) is 5.75 Å². The normalized spacial score (nSPS) is 17.9. The third-order valence-electron chi connectivity index (χ3n) is 5.14. The van der Waals surface area contributed by atoms with Crippen LogP contribution in [0.3, 0.4) is 0 Å². The van der Waals surface area contributed by atoms with E-state index >= 15 is 0 Å². The summed E-state index contributed by atoms with van der Waals surface area (Å²) in [4.78, 5) is 24.8. The van der Waals surface area contributed by atoms with Gasteiger partial charge >= 0.3 is 0 Å². The molecule has 1 aliphatic heterocycles. The van der Waals surface area contributed by atoms with Crippen molar-refractivity contribution >= 4 is 5.91 Å². The van der Waals surface area contributed by atoms with E-state index in [1.165, 1.54) is 11.9 Å². The number of rotatable bonds is 6. The molecule has 0 radical (unpaired) electrons. The molecule has 0 bridgehead atoms. The highest BCUT2D eigenvalue weighted by molar-refractivity contribution is 5.73. The Morgan fingerprint density at radius 2 is 2.04 bits per heavy atom. The summed E-state index contributed by atoms with van der Waals surface area (Å²) < 4.78 is 5.33. The number of likely N-dealkylation sites (tertiary alicyclic amines) is 1. The standard InChI is InChI=1S/C21H28N4O2/c1-17(26)25(15-19-12-22-16-23-13-19)20-6-4-9-24(10-8-20)14-18-5-3-7-21(11-18)27-2/h3,5,7,11-13,16,20H,4,6,8-10,14-15H2,1-2H3/t20-/m0/s1. The molecule has 1 atom stereocenters. The number of aromatic nitrogens is 2. The number of benzene rings is 1. The number of hydrogen-bond acceptors (Lipinski definition) is 5. The first-order valence-corrected chi connectivity index (χ1v) is 9.52. The van der Waals surface area contributed by atoms with Gasteiger partial charge in [0.15, 0.2) is 0 Å². The SMILES string of the molecule is COc1cccc(CN2CCC[C@H](N(Cc3cncnc3)C(C)=O)CC2)c1. The molecule has 1 aliphatic rings. The Bertz CT molecular complexity index is 738. The van der Waals surface area contributed by atoms with Crippen molar-refractivity contribution in [2.75, 3.05) is 20.2 Å². The maximum Gasteiger partial charge on any atom is 0.219 e. The minimum Gasteiger partial charge on any atom is -0.497 e. The molecule has 1 aromatic carbocycles. The van der Waals surface area contributed by atoms with Gasteiger partial charge in [0.2, 0.25) is 5.91 Å². The van der Waals surface area contributed by atoms with Crippen LogP contribution in [-0.4, -0.2) is 51.9 Å². The van der Waals surface area contributed by atoms with Gasteiger partial charge in [0.25, 0.3) is 0 Å². The van der Waals surface area contributed by atoms with Gasteiger partial charge < -0.3 is 9.64 Å².